The largest absolute Gasteiger partial charge is 0.482 e. The topological polar surface area (TPSA) is 63.7 Å². The van der Waals surface area contributed by atoms with Gasteiger partial charge in [0.25, 0.3) is 0 Å². The fraction of sp³-hybridized carbons (Fsp3) is 0.417. The summed E-state index contributed by atoms with van der Waals surface area (Å²) >= 11 is 0. The number of carbonyl (C=O) groups is 1. The van der Waals surface area contributed by atoms with E-state index >= 15 is 0 Å². The van der Waals surface area contributed by atoms with Gasteiger partial charge in [0.05, 0.1) is 5.69 Å². The first-order chi connectivity index (χ1) is 10.1. The Morgan fingerprint density at radius 1 is 1.27 bits per heavy atom. The number of hydrogen-bond acceptors (Lipinski definition) is 4. The third-order valence-corrected chi connectivity index (χ3v) is 4.15. The van der Waals surface area contributed by atoms with Crippen molar-refractivity contribution in [3.8, 4) is 5.75 Å². The number of carbonyl (C=O) groups excluding carboxylic acids is 1. The van der Waals surface area contributed by atoms with Crippen molar-refractivity contribution in [2.24, 2.45) is 0 Å². The van der Waals surface area contributed by atoms with Crippen molar-refractivity contribution in [3.05, 3.63) is 24.3 Å². The molecule has 1 aliphatic heterocycles. The molecule has 0 bridgehead atoms. The molecule has 1 fully saturated rings. The number of anilines is 1. The van der Waals surface area contributed by atoms with Gasteiger partial charge in [0.15, 0.2) is 6.61 Å². The van der Waals surface area contributed by atoms with Crippen molar-refractivity contribution < 1.29 is 35.0 Å². The van der Waals surface area contributed by atoms with Gasteiger partial charge in [-0.2, -0.15) is 21.6 Å². The van der Waals surface area contributed by atoms with E-state index in [-0.39, 0.29) is 11.4 Å². The molecule has 22 heavy (non-hydrogen) atoms. The summed E-state index contributed by atoms with van der Waals surface area (Å²) < 4.78 is 76.0. The minimum atomic E-state index is -4.91. The predicted octanol–water partition coefficient (Wildman–Crippen LogP) is 2.03. The summed E-state index contributed by atoms with van der Waals surface area (Å²) in [6.45, 7) is -2.03. The molecule has 0 N–H and O–H groups in total. The summed E-state index contributed by atoms with van der Waals surface area (Å²) in [7, 11) is -4.91. The van der Waals surface area contributed by atoms with Crippen molar-refractivity contribution >= 4 is 21.8 Å². The number of benzene rings is 1. The molecule has 0 spiro atoms. The van der Waals surface area contributed by atoms with E-state index in [1.54, 1.807) is 0 Å². The monoisotopic (exact) mass is 341 g/mol. The summed E-state index contributed by atoms with van der Waals surface area (Å²) in [4.78, 5) is 12.7. The molecule has 0 aliphatic carbocycles. The second kappa shape index (κ2) is 5.75. The highest BCUT2D eigenvalue weighted by molar-refractivity contribution is 7.87. The fourth-order valence-corrected chi connectivity index (χ4v) is 2.73. The average molecular weight is 341 g/mol. The Morgan fingerprint density at radius 2 is 1.91 bits per heavy atom. The van der Waals surface area contributed by atoms with Gasteiger partial charge in [-0.25, -0.2) is 0 Å². The Labute approximate surface area is 123 Å². The Hall–Kier alpha value is -1.84. The average Bonchev–Trinajstić information content (AvgIpc) is 2.78. The van der Waals surface area contributed by atoms with Gasteiger partial charge in [0.1, 0.15) is 11.0 Å². The van der Waals surface area contributed by atoms with E-state index in [2.05, 4.69) is 4.74 Å². The molecule has 0 radical (unpaired) electrons. The molecule has 122 valence electrons. The van der Waals surface area contributed by atoms with Crippen molar-refractivity contribution in [1.82, 2.24) is 0 Å². The van der Waals surface area contributed by atoms with Gasteiger partial charge in [-0.3, -0.25) is 4.79 Å². The van der Waals surface area contributed by atoms with Gasteiger partial charge in [0.2, 0.25) is 5.91 Å². The normalized spacial score (nSPS) is 19.5. The van der Waals surface area contributed by atoms with Crippen molar-refractivity contribution in [2.75, 3.05) is 18.1 Å². The smallest absolute Gasteiger partial charge is 0.422 e. The number of nitrogens with zero attached hydrogens (tertiary/aromatic N) is 1. The van der Waals surface area contributed by atoms with Crippen LogP contribution in [0.4, 0.5) is 22.7 Å². The summed E-state index contributed by atoms with van der Waals surface area (Å²) in [5.41, 5.74) is -0.0251. The molecule has 1 amide bonds. The quantitative estimate of drug-likeness (QED) is 0.621. The van der Waals surface area contributed by atoms with Crippen LogP contribution in [0.3, 0.4) is 0 Å². The highest BCUT2D eigenvalue weighted by Gasteiger charge is 2.40. The highest BCUT2D eigenvalue weighted by Crippen LogP contribution is 2.34. The molecular weight excluding hydrogens is 330 g/mol. The molecule has 0 saturated carbocycles. The molecule has 1 aromatic carbocycles. The zero-order chi connectivity index (χ0) is 16.5. The van der Waals surface area contributed by atoms with E-state index in [4.69, 9.17) is 0 Å². The number of halogens is 4. The molecule has 5 nitrogen and oxygen atoms in total. The summed E-state index contributed by atoms with van der Waals surface area (Å²) in [5, 5.41) is -1.53. The molecule has 0 aromatic heterocycles. The molecular formula is C12H11F4NO4S. The van der Waals surface area contributed by atoms with E-state index in [1.165, 1.54) is 24.3 Å². The molecule has 1 atom stereocenters. The third-order valence-electron chi connectivity index (χ3n) is 3.04. The van der Waals surface area contributed by atoms with Gasteiger partial charge in [-0.05, 0) is 12.1 Å². The van der Waals surface area contributed by atoms with Gasteiger partial charge >= 0.3 is 16.4 Å². The van der Waals surface area contributed by atoms with Crippen LogP contribution < -0.4 is 9.64 Å². The van der Waals surface area contributed by atoms with Crippen LogP contribution in [0.2, 0.25) is 0 Å². The lowest BCUT2D eigenvalue weighted by Crippen LogP contribution is -2.28. The van der Waals surface area contributed by atoms with E-state index < -0.39 is 47.1 Å². The lowest BCUT2D eigenvalue weighted by Gasteiger charge is -2.20. The van der Waals surface area contributed by atoms with Crippen LogP contribution in [0, 0.1) is 0 Å². The first-order valence-corrected chi connectivity index (χ1v) is 7.55. The third kappa shape index (κ3) is 3.87. The van der Waals surface area contributed by atoms with E-state index in [0.717, 1.165) is 4.90 Å². The number of ether oxygens (including phenoxy) is 1. The van der Waals surface area contributed by atoms with Crippen molar-refractivity contribution in [1.29, 1.82) is 0 Å². The molecule has 1 unspecified atom stereocenters. The lowest BCUT2D eigenvalue weighted by molar-refractivity contribution is -0.153. The Morgan fingerprint density at radius 3 is 2.45 bits per heavy atom. The van der Waals surface area contributed by atoms with Crippen LogP contribution in [0.1, 0.15) is 6.42 Å². The minimum absolute atomic E-state index is 0.0251. The van der Waals surface area contributed by atoms with Crippen LogP contribution in [0.15, 0.2) is 24.3 Å². The lowest BCUT2D eigenvalue weighted by atomic mass is 10.2. The van der Waals surface area contributed by atoms with Crippen LogP contribution in [-0.4, -0.2) is 38.9 Å². The summed E-state index contributed by atoms with van der Waals surface area (Å²) in [6.07, 6.45) is -5.13. The van der Waals surface area contributed by atoms with Gasteiger partial charge in [0, 0.05) is 13.0 Å². The van der Waals surface area contributed by atoms with Gasteiger partial charge < -0.3 is 9.64 Å². The van der Waals surface area contributed by atoms with Crippen molar-refractivity contribution in [3.63, 3.8) is 0 Å². The zero-order valence-electron chi connectivity index (χ0n) is 11.0. The Bertz CT molecular complexity index is 674. The van der Waals surface area contributed by atoms with E-state index in [0.29, 0.717) is 0 Å². The van der Waals surface area contributed by atoms with Crippen LogP contribution in [-0.2, 0) is 15.0 Å². The molecule has 2 rings (SSSR count). The van der Waals surface area contributed by atoms with Gasteiger partial charge in [-0.15, -0.1) is 3.89 Å². The van der Waals surface area contributed by atoms with Crippen molar-refractivity contribution in [2.45, 2.75) is 17.8 Å². The summed E-state index contributed by atoms with van der Waals surface area (Å²) in [5.74, 6) is -0.931. The maximum Gasteiger partial charge on any atom is 0.422 e. The molecule has 1 heterocycles. The predicted molar refractivity (Wildman–Crippen MR) is 68.8 cm³/mol. The number of alkyl halides is 3. The molecule has 10 heteroatoms. The van der Waals surface area contributed by atoms with E-state index in [9.17, 15) is 30.3 Å². The Balaban J connectivity index is 2.24. The minimum Gasteiger partial charge on any atom is -0.482 e. The molecule has 1 saturated heterocycles. The number of rotatable bonds is 4. The van der Waals surface area contributed by atoms with Crippen LogP contribution >= 0.6 is 0 Å². The number of hydrogen-bond donors (Lipinski definition) is 0. The number of para-hydroxylation sites is 2. The molecule has 1 aliphatic rings. The standard InChI is InChI=1S/C12H11F4NO4S/c13-12(14,15)7-21-10-4-2-1-3-9(10)17-6-8(5-11(17)18)22(16,19)20/h1-4,8H,5-7H2. The van der Waals surface area contributed by atoms with E-state index in [1.807, 2.05) is 0 Å². The highest BCUT2D eigenvalue weighted by atomic mass is 32.3. The SMILES string of the molecule is O=C1CC(S(=O)(=O)F)CN1c1ccccc1OCC(F)(F)F. The fourth-order valence-electron chi connectivity index (χ4n) is 2.06. The second-order valence-corrected chi connectivity index (χ2v) is 6.30. The van der Waals surface area contributed by atoms with Crippen LogP contribution in [0.5, 0.6) is 5.75 Å². The maximum absolute atomic E-state index is 13.0. The first kappa shape index (κ1) is 16.5. The zero-order valence-corrected chi connectivity index (χ0v) is 11.8. The second-order valence-electron chi connectivity index (χ2n) is 4.68. The molecule has 1 aromatic rings. The summed E-state index contributed by atoms with van der Waals surface area (Å²) in [6, 6.07) is 5.36. The first-order valence-electron chi connectivity index (χ1n) is 6.10. The van der Waals surface area contributed by atoms with Crippen LogP contribution in [0.25, 0.3) is 0 Å². The number of amides is 1. The Kier molecular flexibility index (Phi) is 4.32. The maximum atomic E-state index is 13.0. The van der Waals surface area contributed by atoms with Gasteiger partial charge in [-0.1, -0.05) is 12.1 Å².